The number of amides is 1. The highest BCUT2D eigenvalue weighted by Crippen LogP contribution is 2.21. The maximum absolute atomic E-state index is 12.2. The molecule has 0 aliphatic carbocycles. The summed E-state index contributed by atoms with van der Waals surface area (Å²) in [6.07, 6.45) is -0.147. The number of β-amino-alcohol motifs (C(OH)–C–C–N with tert-alkyl or cyclic N) is 1. The van der Waals surface area contributed by atoms with Crippen LogP contribution in [0.3, 0.4) is 0 Å². The molecule has 2 rings (SSSR count). The number of nitrogens with one attached hydrogen (secondary N) is 2. The maximum Gasteiger partial charge on any atom is 0.387 e. The SMILES string of the molecule is CC(NC(=O)C1CC(O)CN1)c1cccc(OC(F)F)c1. The number of alkyl halides is 2. The van der Waals surface area contributed by atoms with Crippen molar-refractivity contribution in [1.29, 1.82) is 0 Å². The minimum Gasteiger partial charge on any atom is -0.435 e. The first-order valence-electron chi connectivity index (χ1n) is 6.72. The number of carbonyl (C=O) groups is 1. The van der Waals surface area contributed by atoms with Crippen molar-refractivity contribution >= 4 is 5.91 Å². The van der Waals surface area contributed by atoms with E-state index < -0.39 is 18.8 Å². The highest BCUT2D eigenvalue weighted by molar-refractivity contribution is 5.82. The van der Waals surface area contributed by atoms with Gasteiger partial charge in [-0.05, 0) is 31.0 Å². The lowest BCUT2D eigenvalue weighted by Gasteiger charge is -2.18. The quantitative estimate of drug-likeness (QED) is 0.764. The second-order valence-electron chi connectivity index (χ2n) is 5.03. The summed E-state index contributed by atoms with van der Waals surface area (Å²) in [5.74, 6) is -0.169. The molecule has 116 valence electrons. The summed E-state index contributed by atoms with van der Waals surface area (Å²) in [7, 11) is 0. The molecule has 0 spiro atoms. The third-order valence-corrected chi connectivity index (χ3v) is 3.37. The lowest BCUT2D eigenvalue weighted by atomic mass is 10.1. The molecule has 1 aromatic rings. The molecule has 5 nitrogen and oxygen atoms in total. The largest absolute Gasteiger partial charge is 0.435 e. The summed E-state index contributed by atoms with van der Waals surface area (Å²) in [5.41, 5.74) is 0.667. The summed E-state index contributed by atoms with van der Waals surface area (Å²) in [4.78, 5) is 12.0. The molecule has 21 heavy (non-hydrogen) atoms. The first kappa shape index (κ1) is 15.7. The van der Waals surface area contributed by atoms with Gasteiger partial charge in [0.15, 0.2) is 0 Å². The number of rotatable bonds is 5. The minimum atomic E-state index is -2.88. The predicted octanol–water partition coefficient (Wildman–Crippen LogP) is 1.19. The van der Waals surface area contributed by atoms with Gasteiger partial charge < -0.3 is 20.5 Å². The van der Waals surface area contributed by atoms with Gasteiger partial charge >= 0.3 is 6.61 Å². The van der Waals surface area contributed by atoms with Gasteiger partial charge in [0.25, 0.3) is 0 Å². The van der Waals surface area contributed by atoms with Gasteiger partial charge in [-0.3, -0.25) is 4.79 Å². The van der Waals surface area contributed by atoms with Crippen LogP contribution >= 0.6 is 0 Å². The Labute approximate surface area is 121 Å². The van der Waals surface area contributed by atoms with Crippen LogP contribution in [-0.4, -0.2) is 36.3 Å². The Kier molecular flexibility index (Phi) is 5.08. The van der Waals surface area contributed by atoms with Crippen LogP contribution in [-0.2, 0) is 4.79 Å². The standard InChI is InChI=1S/C14H18F2N2O3/c1-8(18-13(20)12-6-10(19)7-17-12)9-3-2-4-11(5-9)21-14(15)16/h2-5,8,10,12,14,17,19H,6-7H2,1H3,(H,18,20). The number of aliphatic hydroxyl groups excluding tert-OH is 1. The Bertz CT molecular complexity index is 499. The van der Waals surface area contributed by atoms with E-state index in [-0.39, 0.29) is 17.7 Å². The molecule has 0 bridgehead atoms. The van der Waals surface area contributed by atoms with Crippen molar-refractivity contribution in [1.82, 2.24) is 10.6 Å². The zero-order valence-electron chi connectivity index (χ0n) is 11.6. The molecule has 0 radical (unpaired) electrons. The fraction of sp³-hybridized carbons (Fsp3) is 0.500. The Morgan fingerprint density at radius 2 is 2.29 bits per heavy atom. The minimum absolute atomic E-state index is 0.0537. The Morgan fingerprint density at radius 3 is 2.90 bits per heavy atom. The van der Waals surface area contributed by atoms with Crippen molar-refractivity contribution in [2.45, 2.75) is 38.1 Å². The average molecular weight is 300 g/mol. The smallest absolute Gasteiger partial charge is 0.387 e. The van der Waals surface area contributed by atoms with Crippen molar-refractivity contribution in [3.05, 3.63) is 29.8 Å². The molecule has 7 heteroatoms. The molecule has 3 atom stereocenters. The number of hydrogen-bond acceptors (Lipinski definition) is 4. The van der Waals surface area contributed by atoms with Gasteiger partial charge in [0.2, 0.25) is 5.91 Å². The van der Waals surface area contributed by atoms with Crippen LogP contribution in [0.5, 0.6) is 5.75 Å². The number of carbonyl (C=O) groups excluding carboxylic acids is 1. The van der Waals surface area contributed by atoms with Crippen molar-refractivity contribution < 1.29 is 23.4 Å². The van der Waals surface area contributed by atoms with Crippen molar-refractivity contribution in [3.63, 3.8) is 0 Å². The number of hydrogen-bond donors (Lipinski definition) is 3. The Balaban J connectivity index is 1.96. The van der Waals surface area contributed by atoms with E-state index in [1.54, 1.807) is 19.1 Å². The zero-order valence-corrected chi connectivity index (χ0v) is 11.6. The fourth-order valence-electron chi connectivity index (χ4n) is 2.27. The van der Waals surface area contributed by atoms with Crippen LogP contribution in [0.2, 0.25) is 0 Å². The fourth-order valence-corrected chi connectivity index (χ4v) is 2.27. The van der Waals surface area contributed by atoms with E-state index in [9.17, 15) is 18.7 Å². The van der Waals surface area contributed by atoms with Crippen LogP contribution in [0.25, 0.3) is 0 Å². The predicted molar refractivity (Wildman–Crippen MR) is 72.0 cm³/mol. The third-order valence-electron chi connectivity index (χ3n) is 3.37. The molecular weight excluding hydrogens is 282 g/mol. The van der Waals surface area contributed by atoms with Crippen LogP contribution in [0.1, 0.15) is 24.9 Å². The van der Waals surface area contributed by atoms with Crippen molar-refractivity contribution in [2.75, 3.05) is 6.54 Å². The number of ether oxygens (including phenoxy) is 1. The van der Waals surface area contributed by atoms with E-state index in [4.69, 9.17) is 0 Å². The summed E-state index contributed by atoms with van der Waals surface area (Å²) < 4.78 is 28.7. The molecule has 1 aliphatic heterocycles. The molecule has 1 aliphatic rings. The molecular formula is C14H18F2N2O3. The van der Waals surface area contributed by atoms with E-state index in [2.05, 4.69) is 15.4 Å². The molecule has 3 N–H and O–H groups in total. The average Bonchev–Trinajstić information content (AvgIpc) is 2.85. The van der Waals surface area contributed by atoms with Gasteiger partial charge in [0, 0.05) is 6.54 Å². The van der Waals surface area contributed by atoms with Gasteiger partial charge in [-0.15, -0.1) is 0 Å². The maximum atomic E-state index is 12.2. The van der Waals surface area contributed by atoms with Gasteiger partial charge in [0.1, 0.15) is 5.75 Å². The summed E-state index contributed by atoms with van der Waals surface area (Å²) in [6.45, 7) is -0.732. The van der Waals surface area contributed by atoms with Crippen molar-refractivity contribution in [2.24, 2.45) is 0 Å². The molecule has 1 fully saturated rings. The van der Waals surface area contributed by atoms with Crippen LogP contribution in [0.4, 0.5) is 8.78 Å². The molecule has 1 saturated heterocycles. The first-order valence-corrected chi connectivity index (χ1v) is 6.72. The van der Waals surface area contributed by atoms with E-state index in [1.165, 1.54) is 12.1 Å². The second kappa shape index (κ2) is 6.82. The third kappa shape index (κ3) is 4.37. The van der Waals surface area contributed by atoms with Gasteiger partial charge in [-0.1, -0.05) is 12.1 Å². The van der Waals surface area contributed by atoms with Gasteiger partial charge in [-0.25, -0.2) is 0 Å². The Hall–Kier alpha value is -1.73. The highest BCUT2D eigenvalue weighted by atomic mass is 19.3. The van der Waals surface area contributed by atoms with E-state index in [0.29, 0.717) is 18.5 Å². The number of benzene rings is 1. The lowest BCUT2D eigenvalue weighted by Crippen LogP contribution is -2.41. The second-order valence-corrected chi connectivity index (χ2v) is 5.03. The normalized spacial score (nSPS) is 23.1. The van der Waals surface area contributed by atoms with E-state index in [0.717, 1.165) is 0 Å². The number of aliphatic hydroxyl groups is 1. The molecule has 1 aromatic carbocycles. The van der Waals surface area contributed by atoms with E-state index in [1.807, 2.05) is 0 Å². The lowest BCUT2D eigenvalue weighted by molar-refractivity contribution is -0.123. The van der Waals surface area contributed by atoms with E-state index >= 15 is 0 Å². The van der Waals surface area contributed by atoms with Crippen LogP contribution < -0.4 is 15.4 Å². The zero-order chi connectivity index (χ0) is 15.4. The van der Waals surface area contributed by atoms with Gasteiger partial charge in [-0.2, -0.15) is 8.78 Å². The first-order chi connectivity index (χ1) is 9.95. The van der Waals surface area contributed by atoms with Gasteiger partial charge in [0.05, 0.1) is 18.2 Å². The molecule has 0 saturated carbocycles. The van der Waals surface area contributed by atoms with Crippen LogP contribution in [0.15, 0.2) is 24.3 Å². The summed E-state index contributed by atoms with van der Waals surface area (Å²) in [6, 6.07) is 5.43. The summed E-state index contributed by atoms with van der Waals surface area (Å²) >= 11 is 0. The molecule has 3 unspecified atom stereocenters. The van der Waals surface area contributed by atoms with Crippen molar-refractivity contribution in [3.8, 4) is 5.75 Å². The monoisotopic (exact) mass is 300 g/mol. The Morgan fingerprint density at radius 1 is 1.52 bits per heavy atom. The van der Waals surface area contributed by atoms with Crippen LogP contribution in [0, 0.1) is 0 Å². The molecule has 1 amide bonds. The topological polar surface area (TPSA) is 70.6 Å². The molecule has 0 aromatic heterocycles. The highest BCUT2D eigenvalue weighted by Gasteiger charge is 2.28. The molecule has 1 heterocycles. The summed E-state index contributed by atoms with van der Waals surface area (Å²) in [5, 5.41) is 15.1. The number of halogens is 2.